The SMILES string of the molecule is COc1ccc2c(C)cc3nnc(S[C@@H](C)C(=O)N4CCOCC4)n3c2c1. The fourth-order valence-electron chi connectivity index (χ4n) is 3.36. The maximum atomic E-state index is 12.8. The molecule has 1 amide bonds. The standard InChI is InChI=1S/C19H22N4O3S/c1-12-10-17-20-21-19(23(17)16-11-14(25-3)4-5-15(12)16)27-13(2)18(24)22-6-8-26-9-7-22/h4-5,10-11,13H,6-9H2,1-3H3/t13-/m0/s1. The van der Waals surface area contributed by atoms with Gasteiger partial charge in [-0.1, -0.05) is 11.8 Å². The molecular formula is C19H22N4O3S. The van der Waals surface area contributed by atoms with E-state index in [1.807, 2.05) is 40.5 Å². The van der Waals surface area contributed by atoms with Gasteiger partial charge in [0.2, 0.25) is 5.91 Å². The van der Waals surface area contributed by atoms with Gasteiger partial charge in [0.05, 0.1) is 31.1 Å². The average Bonchev–Trinajstić information content (AvgIpc) is 3.10. The molecule has 142 valence electrons. The summed E-state index contributed by atoms with van der Waals surface area (Å²) < 4.78 is 12.7. The number of amides is 1. The third-order valence-corrected chi connectivity index (χ3v) is 5.86. The van der Waals surface area contributed by atoms with Crippen LogP contribution in [-0.2, 0) is 9.53 Å². The summed E-state index contributed by atoms with van der Waals surface area (Å²) in [6.45, 7) is 6.45. The Labute approximate surface area is 161 Å². The number of thioether (sulfide) groups is 1. The van der Waals surface area contributed by atoms with E-state index in [2.05, 4.69) is 17.1 Å². The number of benzene rings is 1. The zero-order valence-electron chi connectivity index (χ0n) is 15.6. The molecule has 0 saturated carbocycles. The number of fused-ring (bicyclic) bond motifs is 3. The van der Waals surface area contributed by atoms with Crippen LogP contribution < -0.4 is 4.74 Å². The molecule has 1 saturated heterocycles. The number of carbonyl (C=O) groups excluding carboxylic acids is 1. The average molecular weight is 386 g/mol. The molecular weight excluding hydrogens is 364 g/mol. The molecule has 8 heteroatoms. The number of morpholine rings is 1. The van der Waals surface area contributed by atoms with E-state index in [4.69, 9.17) is 9.47 Å². The molecule has 0 bridgehead atoms. The maximum absolute atomic E-state index is 12.8. The van der Waals surface area contributed by atoms with E-state index in [9.17, 15) is 4.79 Å². The third-order valence-electron chi connectivity index (χ3n) is 4.83. The third kappa shape index (κ3) is 3.35. The van der Waals surface area contributed by atoms with Gasteiger partial charge in [-0.15, -0.1) is 10.2 Å². The summed E-state index contributed by atoms with van der Waals surface area (Å²) in [4.78, 5) is 14.6. The summed E-state index contributed by atoms with van der Waals surface area (Å²) in [5.41, 5.74) is 2.87. The molecule has 0 N–H and O–H groups in total. The van der Waals surface area contributed by atoms with Crippen molar-refractivity contribution in [2.75, 3.05) is 33.4 Å². The molecule has 1 atom stereocenters. The van der Waals surface area contributed by atoms with E-state index in [0.717, 1.165) is 27.9 Å². The minimum absolute atomic E-state index is 0.106. The Morgan fingerprint density at radius 2 is 2.04 bits per heavy atom. The van der Waals surface area contributed by atoms with Crippen LogP contribution in [0.5, 0.6) is 5.75 Å². The summed E-state index contributed by atoms with van der Waals surface area (Å²) in [5, 5.41) is 10.2. The van der Waals surface area contributed by atoms with Gasteiger partial charge in [-0.3, -0.25) is 9.20 Å². The zero-order chi connectivity index (χ0) is 19.0. The van der Waals surface area contributed by atoms with Crippen molar-refractivity contribution < 1.29 is 14.3 Å². The molecule has 4 rings (SSSR count). The van der Waals surface area contributed by atoms with Crippen molar-refractivity contribution in [3.8, 4) is 5.75 Å². The van der Waals surface area contributed by atoms with Crippen LogP contribution in [0.3, 0.4) is 0 Å². The number of methoxy groups -OCH3 is 1. The highest BCUT2D eigenvalue weighted by molar-refractivity contribution is 8.00. The van der Waals surface area contributed by atoms with Gasteiger partial charge in [0.1, 0.15) is 5.75 Å². The van der Waals surface area contributed by atoms with E-state index in [1.54, 1.807) is 7.11 Å². The summed E-state index contributed by atoms with van der Waals surface area (Å²) >= 11 is 1.43. The van der Waals surface area contributed by atoms with Crippen LogP contribution in [-0.4, -0.2) is 64.1 Å². The predicted octanol–water partition coefficient (Wildman–Crippen LogP) is 2.54. The molecule has 0 spiro atoms. The quantitative estimate of drug-likeness (QED) is 0.642. The van der Waals surface area contributed by atoms with Crippen LogP contribution in [0.1, 0.15) is 12.5 Å². The van der Waals surface area contributed by atoms with Gasteiger partial charge in [-0.25, -0.2) is 0 Å². The van der Waals surface area contributed by atoms with Gasteiger partial charge < -0.3 is 14.4 Å². The molecule has 27 heavy (non-hydrogen) atoms. The second kappa shape index (κ2) is 7.36. The number of carbonyl (C=O) groups is 1. The summed E-state index contributed by atoms with van der Waals surface area (Å²) in [5.74, 6) is 0.880. The van der Waals surface area contributed by atoms with Gasteiger partial charge in [0.25, 0.3) is 0 Å². The maximum Gasteiger partial charge on any atom is 0.236 e. The van der Waals surface area contributed by atoms with Gasteiger partial charge in [-0.2, -0.15) is 0 Å². The molecule has 7 nitrogen and oxygen atoms in total. The summed E-state index contributed by atoms with van der Waals surface area (Å²) in [6.07, 6.45) is 0. The first-order valence-electron chi connectivity index (χ1n) is 8.94. The molecule has 1 fully saturated rings. The molecule has 2 aromatic heterocycles. The summed E-state index contributed by atoms with van der Waals surface area (Å²) in [7, 11) is 1.65. The van der Waals surface area contributed by atoms with Crippen molar-refractivity contribution in [3.63, 3.8) is 0 Å². The van der Waals surface area contributed by atoms with E-state index < -0.39 is 0 Å². The Bertz CT molecular complexity index is 997. The second-order valence-electron chi connectivity index (χ2n) is 6.58. The molecule has 3 aromatic rings. The molecule has 1 aromatic carbocycles. The lowest BCUT2D eigenvalue weighted by Gasteiger charge is -2.28. The molecule has 1 aliphatic heterocycles. The van der Waals surface area contributed by atoms with Crippen molar-refractivity contribution in [1.29, 1.82) is 0 Å². The van der Waals surface area contributed by atoms with Gasteiger partial charge >= 0.3 is 0 Å². The Kier molecular flexibility index (Phi) is 4.92. The minimum atomic E-state index is -0.252. The molecule has 0 radical (unpaired) electrons. The Morgan fingerprint density at radius 3 is 2.78 bits per heavy atom. The molecule has 0 aliphatic carbocycles. The van der Waals surface area contributed by atoms with E-state index in [1.165, 1.54) is 11.8 Å². The van der Waals surface area contributed by atoms with E-state index in [-0.39, 0.29) is 11.2 Å². The lowest BCUT2D eigenvalue weighted by Crippen LogP contribution is -2.44. The smallest absolute Gasteiger partial charge is 0.236 e. The number of hydrogen-bond acceptors (Lipinski definition) is 6. The molecule has 3 heterocycles. The summed E-state index contributed by atoms with van der Waals surface area (Å²) in [6, 6.07) is 7.99. The first-order chi connectivity index (χ1) is 13.1. The number of nitrogens with zero attached hydrogens (tertiary/aromatic N) is 4. The van der Waals surface area contributed by atoms with Crippen molar-refractivity contribution >= 4 is 34.2 Å². The largest absolute Gasteiger partial charge is 0.497 e. The molecule has 0 unspecified atom stereocenters. The van der Waals surface area contributed by atoms with Crippen LogP contribution >= 0.6 is 11.8 Å². The van der Waals surface area contributed by atoms with Crippen molar-refractivity contribution in [2.24, 2.45) is 0 Å². The van der Waals surface area contributed by atoms with Crippen LogP contribution in [0.15, 0.2) is 29.4 Å². The topological polar surface area (TPSA) is 69.0 Å². The number of pyridine rings is 1. The fourth-order valence-corrected chi connectivity index (χ4v) is 4.31. The Balaban J connectivity index is 1.71. The Morgan fingerprint density at radius 1 is 1.26 bits per heavy atom. The first-order valence-corrected chi connectivity index (χ1v) is 9.82. The van der Waals surface area contributed by atoms with Gasteiger partial charge in [0, 0.05) is 24.5 Å². The fraction of sp³-hybridized carbons (Fsp3) is 0.421. The zero-order valence-corrected chi connectivity index (χ0v) is 16.5. The lowest BCUT2D eigenvalue weighted by molar-refractivity contribution is -0.134. The highest BCUT2D eigenvalue weighted by atomic mass is 32.2. The number of aryl methyl sites for hydroxylation is 1. The van der Waals surface area contributed by atoms with E-state index >= 15 is 0 Å². The highest BCUT2D eigenvalue weighted by Gasteiger charge is 2.25. The Hall–Kier alpha value is -2.32. The number of hydrogen-bond donors (Lipinski definition) is 0. The minimum Gasteiger partial charge on any atom is -0.497 e. The first kappa shape index (κ1) is 18.1. The van der Waals surface area contributed by atoms with Crippen molar-refractivity contribution in [1.82, 2.24) is 19.5 Å². The van der Waals surface area contributed by atoms with Crippen LogP contribution in [0.25, 0.3) is 16.6 Å². The number of ether oxygens (including phenoxy) is 2. The van der Waals surface area contributed by atoms with Crippen molar-refractivity contribution in [3.05, 3.63) is 29.8 Å². The van der Waals surface area contributed by atoms with Crippen molar-refractivity contribution in [2.45, 2.75) is 24.3 Å². The van der Waals surface area contributed by atoms with Crippen LogP contribution in [0.2, 0.25) is 0 Å². The van der Waals surface area contributed by atoms with Gasteiger partial charge in [0.15, 0.2) is 10.8 Å². The van der Waals surface area contributed by atoms with Gasteiger partial charge in [-0.05, 0) is 37.6 Å². The van der Waals surface area contributed by atoms with E-state index in [0.29, 0.717) is 31.5 Å². The van der Waals surface area contributed by atoms with Crippen LogP contribution in [0, 0.1) is 6.92 Å². The number of rotatable bonds is 4. The second-order valence-corrected chi connectivity index (χ2v) is 7.89. The molecule has 1 aliphatic rings. The lowest BCUT2D eigenvalue weighted by atomic mass is 10.1. The number of aromatic nitrogens is 3. The normalized spacial score (nSPS) is 16.0. The van der Waals surface area contributed by atoms with Crippen LogP contribution in [0.4, 0.5) is 0 Å². The predicted molar refractivity (Wildman–Crippen MR) is 105 cm³/mol. The highest BCUT2D eigenvalue weighted by Crippen LogP contribution is 2.30. The monoisotopic (exact) mass is 386 g/mol.